The van der Waals surface area contributed by atoms with Crippen LogP contribution in [0.3, 0.4) is 0 Å². The lowest BCUT2D eigenvalue weighted by Crippen LogP contribution is -2.39. The molecule has 1 unspecified atom stereocenters. The molecular weight excluding hydrogens is 346 g/mol. The van der Waals surface area contributed by atoms with E-state index < -0.39 is 0 Å². The molecule has 3 heterocycles. The van der Waals surface area contributed by atoms with E-state index in [1.54, 1.807) is 11.3 Å². The standard InChI is InChI=1S/C20H21N3O2S/c1-13-5-8-15(9-6-13)20(24)23-11-3-4-16(12-23)18-21-22-19(25-18)17-10-7-14(2)26-17/h5-10,16H,3-4,11-12H2,1-2H3. The van der Waals surface area contributed by atoms with Crippen LogP contribution in [0.2, 0.25) is 0 Å². The first-order chi connectivity index (χ1) is 12.6. The van der Waals surface area contributed by atoms with Gasteiger partial charge in [0.15, 0.2) is 0 Å². The van der Waals surface area contributed by atoms with Crippen LogP contribution in [0, 0.1) is 13.8 Å². The summed E-state index contributed by atoms with van der Waals surface area (Å²) in [6, 6.07) is 11.8. The van der Waals surface area contributed by atoms with Crippen LogP contribution in [0.15, 0.2) is 40.8 Å². The van der Waals surface area contributed by atoms with Gasteiger partial charge in [-0.2, -0.15) is 0 Å². The van der Waals surface area contributed by atoms with Crippen LogP contribution in [0.1, 0.15) is 45.4 Å². The van der Waals surface area contributed by atoms with Crippen LogP contribution in [0.4, 0.5) is 0 Å². The molecule has 0 spiro atoms. The molecule has 0 bridgehead atoms. The van der Waals surface area contributed by atoms with E-state index in [9.17, 15) is 4.79 Å². The lowest BCUT2D eigenvalue weighted by molar-refractivity contribution is 0.0698. The van der Waals surface area contributed by atoms with Crippen molar-refractivity contribution in [3.8, 4) is 10.8 Å². The Hall–Kier alpha value is -2.47. The second kappa shape index (κ2) is 7.03. The van der Waals surface area contributed by atoms with Crippen molar-refractivity contribution in [1.29, 1.82) is 0 Å². The molecule has 5 nitrogen and oxygen atoms in total. The van der Waals surface area contributed by atoms with E-state index in [2.05, 4.69) is 17.1 Å². The largest absolute Gasteiger partial charge is 0.420 e. The summed E-state index contributed by atoms with van der Waals surface area (Å²) in [4.78, 5) is 16.9. The molecule has 0 N–H and O–H groups in total. The van der Waals surface area contributed by atoms with Gasteiger partial charge in [0, 0.05) is 23.5 Å². The summed E-state index contributed by atoms with van der Waals surface area (Å²) >= 11 is 1.64. The summed E-state index contributed by atoms with van der Waals surface area (Å²) in [5, 5.41) is 8.46. The average molecular weight is 367 g/mol. The van der Waals surface area contributed by atoms with Crippen molar-refractivity contribution in [3.63, 3.8) is 0 Å². The van der Waals surface area contributed by atoms with E-state index in [4.69, 9.17) is 4.42 Å². The fourth-order valence-corrected chi connectivity index (χ4v) is 4.08. The number of piperidine rings is 1. The zero-order valence-corrected chi connectivity index (χ0v) is 15.8. The van der Waals surface area contributed by atoms with Crippen molar-refractivity contribution in [3.05, 3.63) is 58.3 Å². The fraction of sp³-hybridized carbons (Fsp3) is 0.350. The summed E-state index contributed by atoms with van der Waals surface area (Å²) in [6.07, 6.45) is 1.90. The minimum absolute atomic E-state index is 0.0725. The molecule has 4 rings (SSSR count). The number of hydrogen-bond donors (Lipinski definition) is 0. The molecule has 6 heteroatoms. The van der Waals surface area contributed by atoms with E-state index in [0.29, 0.717) is 18.3 Å². The number of carbonyl (C=O) groups is 1. The van der Waals surface area contributed by atoms with Crippen molar-refractivity contribution in [2.45, 2.75) is 32.6 Å². The number of rotatable bonds is 3. The van der Waals surface area contributed by atoms with Gasteiger partial charge in [-0.15, -0.1) is 21.5 Å². The second-order valence-electron chi connectivity index (χ2n) is 6.81. The molecule has 1 amide bonds. The van der Waals surface area contributed by atoms with E-state index in [1.807, 2.05) is 48.2 Å². The average Bonchev–Trinajstić information content (AvgIpc) is 3.31. The Kier molecular flexibility index (Phi) is 4.59. The summed E-state index contributed by atoms with van der Waals surface area (Å²) < 4.78 is 5.92. The molecule has 1 aliphatic rings. The van der Waals surface area contributed by atoms with Crippen LogP contribution >= 0.6 is 11.3 Å². The van der Waals surface area contributed by atoms with Gasteiger partial charge in [0.25, 0.3) is 11.8 Å². The van der Waals surface area contributed by atoms with Crippen molar-refractivity contribution >= 4 is 17.2 Å². The van der Waals surface area contributed by atoms with Crippen LogP contribution < -0.4 is 0 Å². The Morgan fingerprint density at radius 3 is 2.69 bits per heavy atom. The van der Waals surface area contributed by atoms with Gasteiger partial charge < -0.3 is 9.32 Å². The molecule has 3 aromatic rings. The molecule has 0 aliphatic carbocycles. The number of carbonyl (C=O) groups excluding carboxylic acids is 1. The number of aryl methyl sites for hydroxylation is 2. The first-order valence-corrected chi connectivity index (χ1v) is 9.68. The first kappa shape index (κ1) is 17.0. The third-order valence-electron chi connectivity index (χ3n) is 4.75. The van der Waals surface area contributed by atoms with Gasteiger partial charge >= 0.3 is 0 Å². The van der Waals surface area contributed by atoms with E-state index in [-0.39, 0.29) is 11.8 Å². The molecule has 1 saturated heterocycles. The molecule has 1 aromatic carbocycles. The number of benzene rings is 1. The first-order valence-electron chi connectivity index (χ1n) is 8.86. The Bertz CT molecular complexity index is 913. The summed E-state index contributed by atoms with van der Waals surface area (Å²) in [5.74, 6) is 1.37. The molecule has 1 atom stereocenters. The Morgan fingerprint density at radius 2 is 1.96 bits per heavy atom. The van der Waals surface area contributed by atoms with Gasteiger partial charge in [0.2, 0.25) is 5.89 Å². The minimum atomic E-state index is 0.0725. The van der Waals surface area contributed by atoms with Crippen molar-refractivity contribution < 1.29 is 9.21 Å². The zero-order valence-electron chi connectivity index (χ0n) is 14.9. The lowest BCUT2D eigenvalue weighted by Gasteiger charge is -2.31. The van der Waals surface area contributed by atoms with E-state index in [0.717, 1.165) is 35.4 Å². The monoisotopic (exact) mass is 367 g/mol. The fourth-order valence-electron chi connectivity index (χ4n) is 3.29. The summed E-state index contributed by atoms with van der Waals surface area (Å²) in [7, 11) is 0. The number of aromatic nitrogens is 2. The highest BCUT2D eigenvalue weighted by Crippen LogP contribution is 2.31. The lowest BCUT2D eigenvalue weighted by atomic mass is 9.97. The predicted octanol–water partition coefficient (Wildman–Crippen LogP) is 4.43. The van der Waals surface area contributed by atoms with Crippen molar-refractivity contribution in [2.75, 3.05) is 13.1 Å². The highest BCUT2D eigenvalue weighted by Gasteiger charge is 2.29. The van der Waals surface area contributed by atoms with Gasteiger partial charge in [-0.25, -0.2) is 0 Å². The van der Waals surface area contributed by atoms with Gasteiger partial charge in [-0.1, -0.05) is 17.7 Å². The van der Waals surface area contributed by atoms with Crippen molar-refractivity contribution in [1.82, 2.24) is 15.1 Å². The second-order valence-corrected chi connectivity index (χ2v) is 8.10. The quantitative estimate of drug-likeness (QED) is 0.687. The minimum Gasteiger partial charge on any atom is -0.420 e. The topological polar surface area (TPSA) is 59.2 Å². The molecule has 1 fully saturated rings. The van der Waals surface area contributed by atoms with Gasteiger partial charge in [-0.05, 0) is 51.0 Å². The van der Waals surface area contributed by atoms with Gasteiger partial charge in [-0.3, -0.25) is 4.79 Å². The van der Waals surface area contributed by atoms with Gasteiger partial charge in [0.05, 0.1) is 10.8 Å². The molecule has 1 aliphatic heterocycles. The molecule has 2 aromatic heterocycles. The number of thiophene rings is 1. The Balaban J connectivity index is 1.49. The molecule has 0 radical (unpaired) electrons. The number of likely N-dealkylation sites (tertiary alicyclic amines) is 1. The van der Waals surface area contributed by atoms with Crippen LogP contribution in [0.5, 0.6) is 0 Å². The molecule has 134 valence electrons. The Labute approximate surface area is 156 Å². The third kappa shape index (κ3) is 3.42. The molecule has 0 saturated carbocycles. The maximum Gasteiger partial charge on any atom is 0.257 e. The number of hydrogen-bond acceptors (Lipinski definition) is 5. The highest BCUT2D eigenvalue weighted by molar-refractivity contribution is 7.15. The van der Waals surface area contributed by atoms with Crippen LogP contribution in [0.25, 0.3) is 10.8 Å². The SMILES string of the molecule is Cc1ccc(C(=O)N2CCCC(c3nnc(-c4ccc(C)s4)o3)C2)cc1. The number of amides is 1. The van der Waals surface area contributed by atoms with Crippen LogP contribution in [-0.4, -0.2) is 34.1 Å². The zero-order chi connectivity index (χ0) is 18.1. The smallest absolute Gasteiger partial charge is 0.257 e. The molecule has 26 heavy (non-hydrogen) atoms. The van der Waals surface area contributed by atoms with Gasteiger partial charge in [0.1, 0.15) is 0 Å². The predicted molar refractivity (Wildman–Crippen MR) is 101 cm³/mol. The normalized spacial score (nSPS) is 17.5. The van der Waals surface area contributed by atoms with E-state index in [1.165, 1.54) is 4.88 Å². The maximum atomic E-state index is 12.8. The number of nitrogens with zero attached hydrogens (tertiary/aromatic N) is 3. The Morgan fingerprint density at radius 1 is 1.15 bits per heavy atom. The third-order valence-corrected chi connectivity index (χ3v) is 5.74. The molecular formula is C20H21N3O2S. The highest BCUT2D eigenvalue weighted by atomic mass is 32.1. The maximum absolute atomic E-state index is 12.8. The van der Waals surface area contributed by atoms with Crippen LogP contribution in [-0.2, 0) is 0 Å². The van der Waals surface area contributed by atoms with Crippen molar-refractivity contribution in [2.24, 2.45) is 0 Å². The summed E-state index contributed by atoms with van der Waals surface area (Å²) in [6.45, 7) is 5.47. The summed E-state index contributed by atoms with van der Waals surface area (Å²) in [5.41, 5.74) is 1.89. The van der Waals surface area contributed by atoms with E-state index >= 15 is 0 Å².